The standard InChI is InChI=1S/C19H25N7O7S/c20-9(3-4-11(28)29)16(32)21-5-1-2-6-22-19-24-15-12(17(34)25-19)23-8-26(15)18-14(31)13(30)10(7-27)33-18/h8-10,13-14,18,27,30-31H,3-7,20H2,(H,21,32)(H,28,29)(H2,22,24,25,34)/t9?,10-,13+,14?,18-/m1/s1. The topological polar surface area (TPSA) is 221 Å². The van der Waals surface area contributed by atoms with Gasteiger partial charge < -0.3 is 46.5 Å². The Kier molecular flexibility index (Phi) is 8.50. The molecule has 1 fully saturated rings. The molecule has 0 radical (unpaired) electrons. The summed E-state index contributed by atoms with van der Waals surface area (Å²) in [5, 5.41) is 43.7. The van der Waals surface area contributed by atoms with Gasteiger partial charge in [-0.2, -0.15) is 0 Å². The molecule has 0 bridgehead atoms. The lowest BCUT2D eigenvalue weighted by atomic mass is 10.1. The summed E-state index contributed by atoms with van der Waals surface area (Å²) in [6, 6.07) is -0.923. The number of nitrogens with one attached hydrogen (secondary N) is 3. The van der Waals surface area contributed by atoms with Crippen LogP contribution in [0.1, 0.15) is 19.1 Å². The van der Waals surface area contributed by atoms with Gasteiger partial charge in [0.05, 0.1) is 32.1 Å². The summed E-state index contributed by atoms with van der Waals surface area (Å²) in [6.45, 7) is -0.284. The molecule has 15 heteroatoms. The maximum absolute atomic E-state index is 11.8. The molecule has 1 aliphatic rings. The predicted octanol–water partition coefficient (Wildman–Crippen LogP) is -2.18. The summed E-state index contributed by atoms with van der Waals surface area (Å²) >= 11 is 5.27. The van der Waals surface area contributed by atoms with E-state index in [2.05, 4.69) is 37.4 Å². The van der Waals surface area contributed by atoms with E-state index in [-0.39, 0.29) is 36.5 Å². The lowest BCUT2D eigenvalue weighted by Crippen LogP contribution is -2.41. The van der Waals surface area contributed by atoms with Crippen molar-refractivity contribution in [3.05, 3.63) is 11.0 Å². The number of hydrogen-bond donors (Lipinski definition) is 8. The Morgan fingerprint density at radius 3 is 2.74 bits per heavy atom. The highest BCUT2D eigenvalue weighted by atomic mass is 32.1. The number of aromatic nitrogens is 4. The van der Waals surface area contributed by atoms with E-state index < -0.39 is 49.1 Å². The minimum Gasteiger partial charge on any atom is -0.481 e. The first-order valence-corrected chi connectivity index (χ1v) is 10.7. The summed E-state index contributed by atoms with van der Waals surface area (Å²) in [4.78, 5) is 33.6. The first-order valence-electron chi connectivity index (χ1n) is 10.3. The Morgan fingerprint density at radius 2 is 2.06 bits per heavy atom. The minimum atomic E-state index is -1.29. The van der Waals surface area contributed by atoms with Crippen molar-refractivity contribution in [3.8, 4) is 11.8 Å². The quantitative estimate of drug-likeness (QED) is 0.137. The number of aliphatic hydroxyl groups excluding tert-OH is 3. The second-order valence-corrected chi connectivity index (χ2v) is 7.82. The number of aliphatic carboxylic acids is 1. The molecule has 3 heterocycles. The molecule has 5 atom stereocenters. The molecular formula is C19H25N7O7S. The number of aliphatic hydroxyl groups is 3. The highest BCUT2D eigenvalue weighted by molar-refractivity contribution is 7.71. The summed E-state index contributed by atoms with van der Waals surface area (Å²) in [7, 11) is 0. The van der Waals surface area contributed by atoms with Crippen molar-refractivity contribution in [3.63, 3.8) is 0 Å². The van der Waals surface area contributed by atoms with Crippen molar-refractivity contribution in [2.45, 2.75) is 43.4 Å². The molecule has 1 saturated heterocycles. The van der Waals surface area contributed by atoms with Gasteiger partial charge >= 0.3 is 5.97 Å². The second-order valence-electron chi connectivity index (χ2n) is 7.43. The fraction of sp³-hybridized carbons (Fsp3) is 0.526. The number of carbonyl (C=O) groups excluding carboxylic acids is 1. The number of ether oxygens (including phenoxy) is 1. The molecule has 34 heavy (non-hydrogen) atoms. The van der Waals surface area contributed by atoms with Crippen LogP contribution in [-0.2, 0) is 14.3 Å². The lowest BCUT2D eigenvalue weighted by molar-refractivity contribution is -0.137. The summed E-state index contributed by atoms with van der Waals surface area (Å²) < 4.78 is 7.17. The normalized spacial score (nSPS) is 22.7. The molecule has 1 aliphatic heterocycles. The Bertz CT molecular complexity index is 1160. The van der Waals surface area contributed by atoms with Crippen molar-refractivity contribution in [1.29, 1.82) is 0 Å². The summed E-state index contributed by atoms with van der Waals surface area (Å²) in [5.74, 6) is 4.26. The number of amides is 1. The molecule has 2 aromatic heterocycles. The van der Waals surface area contributed by atoms with Gasteiger partial charge in [0.1, 0.15) is 29.5 Å². The molecule has 1 amide bonds. The number of nitrogens with zero attached hydrogens (tertiary/aromatic N) is 3. The lowest BCUT2D eigenvalue weighted by Gasteiger charge is -2.17. The van der Waals surface area contributed by atoms with E-state index in [9.17, 15) is 24.9 Å². The van der Waals surface area contributed by atoms with E-state index in [1.165, 1.54) is 10.9 Å². The number of anilines is 1. The Hall–Kier alpha value is -3.13. The number of nitrogens with two attached hydrogens (primary N) is 1. The number of carboxylic acids is 1. The van der Waals surface area contributed by atoms with Gasteiger partial charge in [-0.1, -0.05) is 24.1 Å². The van der Waals surface area contributed by atoms with E-state index >= 15 is 0 Å². The van der Waals surface area contributed by atoms with Gasteiger partial charge in [-0.05, 0) is 6.42 Å². The third kappa shape index (κ3) is 5.86. The Labute approximate surface area is 198 Å². The zero-order valence-electron chi connectivity index (χ0n) is 17.8. The van der Waals surface area contributed by atoms with Crippen molar-refractivity contribution in [2.24, 2.45) is 5.73 Å². The first-order chi connectivity index (χ1) is 16.2. The summed E-state index contributed by atoms with van der Waals surface area (Å²) in [6.07, 6.45) is -3.28. The Balaban J connectivity index is 1.60. The smallest absolute Gasteiger partial charge is 0.303 e. The number of carbonyl (C=O) groups is 2. The second kappa shape index (κ2) is 11.3. The molecule has 3 rings (SSSR count). The van der Waals surface area contributed by atoms with Crippen molar-refractivity contribution in [2.75, 3.05) is 25.0 Å². The highest BCUT2D eigenvalue weighted by Crippen LogP contribution is 2.31. The van der Waals surface area contributed by atoms with Crippen LogP contribution in [0.15, 0.2) is 6.33 Å². The van der Waals surface area contributed by atoms with Crippen LogP contribution >= 0.6 is 12.2 Å². The van der Waals surface area contributed by atoms with Crippen LogP contribution in [0, 0.1) is 16.5 Å². The maximum atomic E-state index is 11.8. The van der Waals surface area contributed by atoms with Crippen molar-refractivity contribution < 1.29 is 34.8 Å². The number of aromatic amines is 1. The van der Waals surface area contributed by atoms with Crippen LogP contribution in [0.2, 0.25) is 0 Å². The van der Waals surface area contributed by atoms with Crippen molar-refractivity contribution in [1.82, 2.24) is 24.8 Å². The van der Waals surface area contributed by atoms with E-state index in [4.69, 9.17) is 27.8 Å². The molecule has 2 unspecified atom stereocenters. The van der Waals surface area contributed by atoms with E-state index in [1.54, 1.807) is 0 Å². The fourth-order valence-corrected chi connectivity index (χ4v) is 3.49. The van der Waals surface area contributed by atoms with E-state index in [1.807, 2.05) is 0 Å². The number of H-pyrrole nitrogens is 1. The highest BCUT2D eigenvalue weighted by Gasteiger charge is 2.43. The molecule has 2 aromatic rings. The fourth-order valence-electron chi connectivity index (χ4n) is 3.25. The number of fused-ring (bicyclic) bond motifs is 1. The first kappa shape index (κ1) is 25.5. The number of imidazole rings is 1. The van der Waals surface area contributed by atoms with Gasteiger partial charge in [0, 0.05) is 6.42 Å². The third-order valence-corrected chi connectivity index (χ3v) is 5.35. The van der Waals surface area contributed by atoms with Gasteiger partial charge in [-0.3, -0.25) is 14.2 Å². The minimum absolute atomic E-state index is 0.0295. The van der Waals surface area contributed by atoms with Crippen LogP contribution < -0.4 is 16.4 Å². The van der Waals surface area contributed by atoms with Crippen LogP contribution in [0.25, 0.3) is 11.2 Å². The van der Waals surface area contributed by atoms with Gasteiger partial charge in [0.15, 0.2) is 10.9 Å². The molecule has 14 nitrogen and oxygen atoms in total. The number of hydrogen-bond acceptors (Lipinski definition) is 11. The zero-order chi connectivity index (χ0) is 24.8. The molecule has 184 valence electrons. The molecule has 0 aliphatic carbocycles. The molecule has 9 N–H and O–H groups in total. The van der Waals surface area contributed by atoms with Crippen LogP contribution in [-0.4, -0.2) is 95.9 Å². The molecule has 0 spiro atoms. The number of rotatable bonds is 9. The van der Waals surface area contributed by atoms with Gasteiger partial charge in [-0.25, -0.2) is 9.97 Å². The molecular weight excluding hydrogens is 470 g/mol. The zero-order valence-corrected chi connectivity index (χ0v) is 18.7. The van der Waals surface area contributed by atoms with Crippen LogP contribution in [0.5, 0.6) is 0 Å². The van der Waals surface area contributed by atoms with E-state index in [0.29, 0.717) is 11.2 Å². The largest absolute Gasteiger partial charge is 0.481 e. The SMILES string of the molecule is NC(CCC(=O)O)C(=O)NCC#CCNc1nc(=S)c2ncn([C@@H]3O[C@H](CO)[C@H](O)C3O)c2[nH]1. The average Bonchev–Trinajstić information content (AvgIpc) is 3.35. The van der Waals surface area contributed by atoms with Gasteiger partial charge in [0.2, 0.25) is 11.9 Å². The van der Waals surface area contributed by atoms with Crippen molar-refractivity contribution >= 4 is 41.2 Å². The van der Waals surface area contributed by atoms with Gasteiger partial charge in [-0.15, -0.1) is 0 Å². The Morgan fingerprint density at radius 1 is 1.32 bits per heavy atom. The average molecular weight is 496 g/mol. The molecule has 0 saturated carbocycles. The van der Waals surface area contributed by atoms with E-state index in [0.717, 1.165) is 0 Å². The number of carboxylic acid groups (broad SMARTS) is 1. The van der Waals surface area contributed by atoms with Crippen LogP contribution in [0.3, 0.4) is 0 Å². The maximum Gasteiger partial charge on any atom is 0.303 e. The predicted molar refractivity (Wildman–Crippen MR) is 120 cm³/mol. The monoisotopic (exact) mass is 495 g/mol. The van der Waals surface area contributed by atoms with Gasteiger partial charge in [0.25, 0.3) is 0 Å². The summed E-state index contributed by atoms with van der Waals surface area (Å²) in [5.41, 5.74) is 6.34. The van der Waals surface area contributed by atoms with Crippen LogP contribution in [0.4, 0.5) is 5.95 Å². The molecule has 0 aromatic carbocycles. The third-order valence-electron chi connectivity index (χ3n) is 5.06.